The summed E-state index contributed by atoms with van der Waals surface area (Å²) in [6.45, 7) is 2.25. The second-order valence-corrected chi connectivity index (χ2v) is 5.53. The van der Waals surface area contributed by atoms with E-state index in [1.54, 1.807) is 42.5 Å². The highest BCUT2D eigenvalue weighted by Crippen LogP contribution is 2.29. The van der Waals surface area contributed by atoms with Gasteiger partial charge >= 0.3 is 6.03 Å². The van der Waals surface area contributed by atoms with Crippen LogP contribution < -0.4 is 5.32 Å². The fraction of sp³-hybridized carbons (Fsp3) is 0.267. The number of nitrogens with one attached hydrogen (secondary N) is 1. The molecule has 1 aromatic heterocycles. The Bertz CT molecular complexity index is 614. The van der Waals surface area contributed by atoms with Crippen molar-refractivity contribution in [1.82, 2.24) is 10.2 Å². The van der Waals surface area contributed by atoms with Crippen LogP contribution in [-0.2, 0) is 6.54 Å². The Morgan fingerprint density at radius 2 is 2.14 bits per heavy atom. The Morgan fingerprint density at radius 1 is 1.38 bits per heavy atom. The lowest BCUT2D eigenvalue weighted by Gasteiger charge is -2.26. The minimum absolute atomic E-state index is 0.175. The molecule has 112 valence electrons. The maximum absolute atomic E-state index is 12.1. The molecule has 21 heavy (non-hydrogen) atoms. The van der Waals surface area contributed by atoms with E-state index in [0.29, 0.717) is 22.4 Å². The minimum Gasteiger partial charge on any atom is -0.467 e. The van der Waals surface area contributed by atoms with E-state index in [2.05, 4.69) is 5.32 Å². The molecule has 0 bridgehead atoms. The van der Waals surface area contributed by atoms with E-state index in [0.717, 1.165) is 5.56 Å². The number of furan rings is 1. The highest BCUT2D eigenvalue weighted by Gasteiger charge is 2.19. The van der Waals surface area contributed by atoms with Crippen LogP contribution in [0.3, 0.4) is 0 Å². The molecule has 0 aliphatic heterocycles. The SMILES string of the molecule is C[C@@H](c1ccc(Cl)cc1Cl)N(C)C(=O)NCc1ccco1. The number of hydrogen-bond donors (Lipinski definition) is 1. The van der Waals surface area contributed by atoms with Gasteiger partial charge in [0, 0.05) is 17.1 Å². The molecule has 2 amide bonds. The Labute approximate surface area is 133 Å². The molecule has 0 aliphatic rings. The van der Waals surface area contributed by atoms with Gasteiger partial charge in [-0.3, -0.25) is 0 Å². The van der Waals surface area contributed by atoms with Gasteiger partial charge in [0.1, 0.15) is 5.76 Å². The van der Waals surface area contributed by atoms with Crippen LogP contribution in [0, 0.1) is 0 Å². The van der Waals surface area contributed by atoms with E-state index in [1.807, 2.05) is 13.0 Å². The number of rotatable bonds is 4. The quantitative estimate of drug-likeness (QED) is 0.899. The molecule has 0 unspecified atom stereocenters. The Kier molecular flexibility index (Phi) is 5.15. The van der Waals surface area contributed by atoms with E-state index in [4.69, 9.17) is 27.6 Å². The van der Waals surface area contributed by atoms with Gasteiger partial charge in [0.2, 0.25) is 0 Å². The topological polar surface area (TPSA) is 45.5 Å². The third kappa shape index (κ3) is 3.93. The van der Waals surface area contributed by atoms with Crippen LogP contribution in [0.4, 0.5) is 4.79 Å². The summed E-state index contributed by atoms with van der Waals surface area (Å²) >= 11 is 12.1. The molecule has 0 radical (unpaired) electrons. The Morgan fingerprint density at radius 3 is 2.76 bits per heavy atom. The first-order valence-corrected chi connectivity index (χ1v) is 7.22. The molecule has 1 heterocycles. The van der Waals surface area contributed by atoms with E-state index < -0.39 is 0 Å². The summed E-state index contributed by atoms with van der Waals surface area (Å²) < 4.78 is 5.17. The maximum Gasteiger partial charge on any atom is 0.318 e. The van der Waals surface area contributed by atoms with E-state index in [9.17, 15) is 4.79 Å². The molecule has 2 rings (SSSR count). The van der Waals surface area contributed by atoms with Gasteiger partial charge in [-0.15, -0.1) is 0 Å². The zero-order valence-corrected chi connectivity index (χ0v) is 13.3. The van der Waals surface area contributed by atoms with Gasteiger partial charge in [0.15, 0.2) is 0 Å². The van der Waals surface area contributed by atoms with Crippen molar-refractivity contribution in [2.24, 2.45) is 0 Å². The lowest BCUT2D eigenvalue weighted by Crippen LogP contribution is -2.38. The monoisotopic (exact) mass is 326 g/mol. The van der Waals surface area contributed by atoms with Crippen LogP contribution in [0.25, 0.3) is 0 Å². The molecule has 0 fully saturated rings. The molecule has 4 nitrogen and oxygen atoms in total. The molecule has 2 aromatic rings. The van der Waals surface area contributed by atoms with Crippen molar-refractivity contribution in [2.75, 3.05) is 7.05 Å². The van der Waals surface area contributed by atoms with E-state index in [-0.39, 0.29) is 12.1 Å². The predicted molar refractivity (Wildman–Crippen MR) is 83.6 cm³/mol. The molecule has 1 aromatic carbocycles. The van der Waals surface area contributed by atoms with Crippen LogP contribution in [-0.4, -0.2) is 18.0 Å². The molecule has 0 saturated carbocycles. The first kappa shape index (κ1) is 15.7. The molecule has 0 spiro atoms. The van der Waals surface area contributed by atoms with Gasteiger partial charge in [0.25, 0.3) is 0 Å². The zero-order valence-electron chi connectivity index (χ0n) is 11.8. The lowest BCUT2D eigenvalue weighted by atomic mass is 10.1. The second-order valence-electron chi connectivity index (χ2n) is 4.69. The van der Waals surface area contributed by atoms with Crippen LogP contribution in [0.15, 0.2) is 41.0 Å². The summed E-state index contributed by atoms with van der Waals surface area (Å²) in [5, 5.41) is 3.90. The normalized spacial score (nSPS) is 12.0. The van der Waals surface area contributed by atoms with Crippen molar-refractivity contribution in [2.45, 2.75) is 19.5 Å². The van der Waals surface area contributed by atoms with Crippen molar-refractivity contribution in [3.8, 4) is 0 Å². The zero-order chi connectivity index (χ0) is 15.4. The number of urea groups is 1. The van der Waals surface area contributed by atoms with Gasteiger partial charge in [-0.05, 0) is 36.8 Å². The molecular weight excluding hydrogens is 311 g/mol. The number of hydrogen-bond acceptors (Lipinski definition) is 2. The fourth-order valence-corrected chi connectivity index (χ4v) is 2.49. The Balaban J connectivity index is 2.00. The average Bonchev–Trinajstić information content (AvgIpc) is 2.96. The molecule has 1 atom stereocenters. The molecule has 0 saturated heterocycles. The van der Waals surface area contributed by atoms with Crippen LogP contribution in [0.5, 0.6) is 0 Å². The molecule has 6 heteroatoms. The van der Waals surface area contributed by atoms with Gasteiger partial charge < -0.3 is 14.6 Å². The van der Waals surface area contributed by atoms with Gasteiger partial charge in [-0.25, -0.2) is 4.79 Å². The third-order valence-electron chi connectivity index (χ3n) is 3.31. The largest absolute Gasteiger partial charge is 0.467 e. The molecule has 0 aliphatic carbocycles. The van der Waals surface area contributed by atoms with Crippen molar-refractivity contribution >= 4 is 29.2 Å². The van der Waals surface area contributed by atoms with Crippen molar-refractivity contribution in [3.63, 3.8) is 0 Å². The standard InChI is InChI=1S/C15H16Cl2N2O2/c1-10(13-6-5-11(16)8-14(13)17)19(2)15(20)18-9-12-4-3-7-21-12/h3-8,10H,9H2,1-2H3,(H,18,20)/t10-/m0/s1. The van der Waals surface area contributed by atoms with Gasteiger partial charge in [0.05, 0.1) is 18.8 Å². The molecule has 1 N–H and O–H groups in total. The van der Waals surface area contributed by atoms with Crippen LogP contribution >= 0.6 is 23.2 Å². The smallest absolute Gasteiger partial charge is 0.318 e. The van der Waals surface area contributed by atoms with Crippen LogP contribution in [0.1, 0.15) is 24.3 Å². The van der Waals surface area contributed by atoms with Gasteiger partial charge in [-0.2, -0.15) is 0 Å². The Hall–Kier alpha value is -1.65. The van der Waals surface area contributed by atoms with Crippen LogP contribution in [0.2, 0.25) is 10.0 Å². The predicted octanol–water partition coefficient (Wildman–Crippen LogP) is 4.49. The van der Waals surface area contributed by atoms with Crippen molar-refractivity contribution < 1.29 is 9.21 Å². The number of carbonyl (C=O) groups is 1. The number of halogens is 2. The summed E-state index contributed by atoms with van der Waals surface area (Å²) in [5.74, 6) is 0.703. The average molecular weight is 327 g/mol. The number of carbonyl (C=O) groups excluding carboxylic acids is 1. The first-order valence-electron chi connectivity index (χ1n) is 6.47. The summed E-state index contributed by atoms with van der Waals surface area (Å²) in [7, 11) is 1.72. The summed E-state index contributed by atoms with van der Waals surface area (Å²) in [4.78, 5) is 13.7. The highest BCUT2D eigenvalue weighted by atomic mass is 35.5. The first-order chi connectivity index (χ1) is 9.99. The molecular formula is C15H16Cl2N2O2. The lowest BCUT2D eigenvalue weighted by molar-refractivity contribution is 0.193. The van der Waals surface area contributed by atoms with Crippen molar-refractivity contribution in [3.05, 3.63) is 58.0 Å². The third-order valence-corrected chi connectivity index (χ3v) is 3.87. The minimum atomic E-state index is -0.204. The number of amides is 2. The summed E-state index contributed by atoms with van der Waals surface area (Å²) in [5.41, 5.74) is 0.844. The van der Waals surface area contributed by atoms with Crippen molar-refractivity contribution in [1.29, 1.82) is 0 Å². The van der Waals surface area contributed by atoms with E-state index >= 15 is 0 Å². The summed E-state index contributed by atoms with van der Waals surface area (Å²) in [6.07, 6.45) is 1.57. The van der Waals surface area contributed by atoms with Gasteiger partial charge in [-0.1, -0.05) is 29.3 Å². The fourth-order valence-electron chi connectivity index (χ4n) is 1.93. The highest BCUT2D eigenvalue weighted by molar-refractivity contribution is 6.35. The number of benzene rings is 1. The maximum atomic E-state index is 12.1. The van der Waals surface area contributed by atoms with E-state index in [1.165, 1.54) is 0 Å². The second kappa shape index (κ2) is 6.87. The summed E-state index contributed by atoms with van der Waals surface area (Å²) in [6, 6.07) is 8.46. The number of nitrogens with zero attached hydrogens (tertiary/aromatic N) is 1.